The van der Waals surface area contributed by atoms with E-state index in [1.54, 1.807) is 12.4 Å². The standard InChI is InChI=1S/C13H11N9O/c23-13(11-4-12(19-18-11)22-7-17-20-21-22)14-5-8-1-2-9-10(3-8)16-6-15-9/h1-4,6-7H,5H2,(H,14,23)(H,15,16)(H,18,19). The molecule has 4 rings (SSSR count). The summed E-state index contributed by atoms with van der Waals surface area (Å²) < 4.78 is 1.36. The van der Waals surface area contributed by atoms with Gasteiger partial charge in [-0.25, -0.2) is 4.98 Å². The maximum Gasteiger partial charge on any atom is 0.269 e. The summed E-state index contributed by atoms with van der Waals surface area (Å²) in [6.07, 6.45) is 3.04. The summed E-state index contributed by atoms with van der Waals surface area (Å²) in [5.41, 5.74) is 3.12. The van der Waals surface area contributed by atoms with Crippen molar-refractivity contribution in [2.75, 3.05) is 0 Å². The third kappa shape index (κ3) is 2.52. The maximum atomic E-state index is 12.2. The molecule has 0 saturated heterocycles. The first kappa shape index (κ1) is 13.1. The quantitative estimate of drug-likeness (QED) is 0.493. The zero-order chi connectivity index (χ0) is 15.6. The molecule has 0 saturated carbocycles. The molecule has 0 atom stereocenters. The van der Waals surface area contributed by atoms with E-state index in [1.807, 2.05) is 18.2 Å². The Morgan fingerprint density at radius 3 is 3.13 bits per heavy atom. The molecule has 1 aromatic carbocycles. The van der Waals surface area contributed by atoms with Crippen LogP contribution in [0.15, 0.2) is 36.9 Å². The predicted octanol–water partition coefficient (Wildman–Crippen LogP) is 0.192. The average molecular weight is 309 g/mol. The summed E-state index contributed by atoms with van der Waals surface area (Å²) in [7, 11) is 0. The number of benzene rings is 1. The number of nitrogens with zero attached hydrogens (tertiary/aromatic N) is 6. The van der Waals surface area contributed by atoms with Crippen LogP contribution in [-0.2, 0) is 6.54 Å². The summed E-state index contributed by atoms with van der Waals surface area (Å²) in [6, 6.07) is 7.34. The molecule has 114 valence electrons. The van der Waals surface area contributed by atoms with Crippen LogP contribution in [0.5, 0.6) is 0 Å². The molecule has 10 heteroatoms. The third-order valence-corrected chi connectivity index (χ3v) is 3.33. The molecule has 23 heavy (non-hydrogen) atoms. The summed E-state index contributed by atoms with van der Waals surface area (Å²) >= 11 is 0. The number of tetrazole rings is 1. The third-order valence-electron chi connectivity index (χ3n) is 3.33. The minimum absolute atomic E-state index is 0.262. The van der Waals surface area contributed by atoms with Gasteiger partial charge in [-0.05, 0) is 28.1 Å². The van der Waals surface area contributed by atoms with E-state index in [0.29, 0.717) is 18.1 Å². The Bertz CT molecular complexity index is 953. The van der Waals surface area contributed by atoms with Crippen LogP contribution in [0.4, 0.5) is 0 Å². The van der Waals surface area contributed by atoms with Crippen molar-refractivity contribution in [3.8, 4) is 5.82 Å². The summed E-state index contributed by atoms with van der Waals surface area (Å²) in [4.78, 5) is 19.3. The highest BCUT2D eigenvalue weighted by Gasteiger charge is 2.11. The van der Waals surface area contributed by atoms with E-state index < -0.39 is 0 Å². The Morgan fingerprint density at radius 2 is 2.26 bits per heavy atom. The van der Waals surface area contributed by atoms with E-state index in [-0.39, 0.29) is 5.91 Å². The lowest BCUT2D eigenvalue weighted by Gasteiger charge is -2.03. The molecule has 0 unspecified atom stereocenters. The van der Waals surface area contributed by atoms with Gasteiger partial charge in [-0.3, -0.25) is 9.89 Å². The molecular weight excluding hydrogens is 298 g/mol. The number of imidazole rings is 1. The maximum absolute atomic E-state index is 12.2. The Balaban J connectivity index is 1.45. The summed E-state index contributed by atoms with van der Waals surface area (Å²) in [5, 5.41) is 20.2. The highest BCUT2D eigenvalue weighted by atomic mass is 16.1. The van der Waals surface area contributed by atoms with Gasteiger partial charge < -0.3 is 10.3 Å². The van der Waals surface area contributed by atoms with Crippen molar-refractivity contribution >= 4 is 16.9 Å². The minimum Gasteiger partial charge on any atom is -0.347 e. The lowest BCUT2D eigenvalue weighted by atomic mass is 10.2. The number of aromatic amines is 2. The van der Waals surface area contributed by atoms with Gasteiger partial charge in [-0.15, -0.1) is 5.10 Å². The minimum atomic E-state index is -0.262. The lowest BCUT2D eigenvalue weighted by Crippen LogP contribution is -2.23. The molecule has 0 bridgehead atoms. The van der Waals surface area contributed by atoms with Crippen LogP contribution in [-0.4, -0.2) is 46.3 Å². The van der Waals surface area contributed by atoms with Crippen molar-refractivity contribution in [3.63, 3.8) is 0 Å². The van der Waals surface area contributed by atoms with Crippen LogP contribution >= 0.6 is 0 Å². The summed E-state index contributed by atoms with van der Waals surface area (Å²) in [6.45, 7) is 0.396. The first-order chi connectivity index (χ1) is 11.3. The number of fused-ring (bicyclic) bond motifs is 1. The van der Waals surface area contributed by atoms with Gasteiger partial charge in [0.25, 0.3) is 5.91 Å². The van der Waals surface area contributed by atoms with Crippen LogP contribution in [0.2, 0.25) is 0 Å². The molecular formula is C13H11N9O. The second-order valence-electron chi connectivity index (χ2n) is 4.83. The fraction of sp³-hybridized carbons (Fsp3) is 0.0769. The van der Waals surface area contributed by atoms with Gasteiger partial charge in [0.1, 0.15) is 12.0 Å². The van der Waals surface area contributed by atoms with E-state index in [0.717, 1.165) is 16.6 Å². The van der Waals surface area contributed by atoms with Crippen LogP contribution < -0.4 is 5.32 Å². The molecule has 0 fully saturated rings. The highest BCUT2D eigenvalue weighted by Crippen LogP contribution is 2.11. The van der Waals surface area contributed by atoms with Crippen molar-refractivity contribution < 1.29 is 4.79 Å². The first-order valence-corrected chi connectivity index (χ1v) is 6.78. The van der Waals surface area contributed by atoms with Crippen molar-refractivity contribution in [2.45, 2.75) is 6.54 Å². The summed E-state index contributed by atoms with van der Waals surface area (Å²) in [5.74, 6) is 0.181. The normalized spacial score (nSPS) is 11.0. The molecule has 0 aliphatic heterocycles. The number of hydrogen-bond donors (Lipinski definition) is 3. The zero-order valence-electron chi connectivity index (χ0n) is 11.8. The number of nitrogens with one attached hydrogen (secondary N) is 3. The molecule has 0 aliphatic rings. The fourth-order valence-electron chi connectivity index (χ4n) is 2.18. The number of carbonyl (C=O) groups is 1. The lowest BCUT2D eigenvalue weighted by molar-refractivity contribution is 0.0946. The second kappa shape index (κ2) is 5.33. The molecule has 1 amide bonds. The first-order valence-electron chi connectivity index (χ1n) is 6.78. The van der Waals surface area contributed by atoms with Gasteiger partial charge >= 0.3 is 0 Å². The highest BCUT2D eigenvalue weighted by molar-refractivity contribution is 5.92. The Hall–Kier alpha value is -3.56. The number of hydrogen-bond acceptors (Lipinski definition) is 6. The Morgan fingerprint density at radius 1 is 1.30 bits per heavy atom. The van der Waals surface area contributed by atoms with Crippen LogP contribution in [0.1, 0.15) is 16.1 Å². The van der Waals surface area contributed by atoms with E-state index in [1.165, 1.54) is 11.0 Å². The second-order valence-corrected chi connectivity index (χ2v) is 4.83. The topological polar surface area (TPSA) is 130 Å². The number of aromatic nitrogens is 8. The monoisotopic (exact) mass is 309 g/mol. The molecule has 0 spiro atoms. The molecule has 3 heterocycles. The van der Waals surface area contributed by atoms with Crippen molar-refractivity contribution in [1.29, 1.82) is 0 Å². The van der Waals surface area contributed by atoms with E-state index in [9.17, 15) is 4.79 Å². The van der Waals surface area contributed by atoms with Crippen LogP contribution in [0.25, 0.3) is 16.9 Å². The Kier molecular flexibility index (Phi) is 3.04. The van der Waals surface area contributed by atoms with Crippen molar-refractivity contribution in [3.05, 3.63) is 48.2 Å². The predicted molar refractivity (Wildman–Crippen MR) is 78.6 cm³/mol. The fourth-order valence-corrected chi connectivity index (χ4v) is 2.18. The van der Waals surface area contributed by atoms with E-state index in [4.69, 9.17) is 0 Å². The van der Waals surface area contributed by atoms with Crippen LogP contribution in [0.3, 0.4) is 0 Å². The van der Waals surface area contributed by atoms with Gasteiger partial charge in [-0.2, -0.15) is 9.78 Å². The number of rotatable bonds is 4. The van der Waals surface area contributed by atoms with E-state index in [2.05, 4.69) is 41.0 Å². The van der Waals surface area contributed by atoms with Crippen LogP contribution in [0, 0.1) is 0 Å². The van der Waals surface area contributed by atoms with Gasteiger partial charge in [-0.1, -0.05) is 6.07 Å². The number of amides is 1. The van der Waals surface area contributed by atoms with Gasteiger partial charge in [0.2, 0.25) is 0 Å². The van der Waals surface area contributed by atoms with E-state index >= 15 is 0 Å². The number of H-pyrrole nitrogens is 2. The molecule has 3 aromatic heterocycles. The number of carbonyl (C=O) groups excluding carboxylic acids is 1. The zero-order valence-corrected chi connectivity index (χ0v) is 11.8. The average Bonchev–Trinajstić information content (AvgIpc) is 3.32. The van der Waals surface area contributed by atoms with Crippen molar-refractivity contribution in [2.24, 2.45) is 0 Å². The SMILES string of the molecule is O=C(NCc1ccc2nc[nH]c2c1)c1cc(-n2cnnn2)n[nH]1. The molecule has 0 radical (unpaired) electrons. The smallest absolute Gasteiger partial charge is 0.269 e. The van der Waals surface area contributed by atoms with Gasteiger partial charge in [0, 0.05) is 12.6 Å². The molecule has 4 aromatic rings. The Labute approximate surface area is 128 Å². The molecule has 0 aliphatic carbocycles. The van der Waals surface area contributed by atoms with Crippen molar-refractivity contribution in [1.82, 2.24) is 45.7 Å². The van der Waals surface area contributed by atoms with Gasteiger partial charge in [0.05, 0.1) is 17.4 Å². The largest absolute Gasteiger partial charge is 0.347 e. The van der Waals surface area contributed by atoms with Gasteiger partial charge in [0.15, 0.2) is 5.82 Å². The molecule has 10 nitrogen and oxygen atoms in total. The molecule has 3 N–H and O–H groups in total.